The van der Waals surface area contributed by atoms with Crippen molar-refractivity contribution < 1.29 is 31.5 Å². The van der Waals surface area contributed by atoms with Crippen LogP contribution in [0, 0.1) is 0 Å². The van der Waals surface area contributed by atoms with Gasteiger partial charge in [-0.15, -0.1) is 23.2 Å². The van der Waals surface area contributed by atoms with Crippen LogP contribution in [0.15, 0.2) is 0 Å². The Kier molecular flexibility index (Phi) is 5.75. The molecule has 0 rings (SSSR count). The molecule has 1 atom stereocenters. The van der Waals surface area contributed by atoms with E-state index in [0.29, 0.717) is 0 Å². The van der Waals surface area contributed by atoms with Crippen molar-refractivity contribution in [2.45, 2.75) is 23.9 Å². The summed E-state index contributed by atoms with van der Waals surface area (Å²) >= 11 is 10.6. The Morgan fingerprint density at radius 3 is 2.12 bits per heavy atom. The molecule has 0 aromatic rings. The summed E-state index contributed by atoms with van der Waals surface area (Å²) in [5.41, 5.74) is 0. The number of hydrogen-bond acceptors (Lipinski definition) is 2. The minimum atomic E-state index is -5.96. The van der Waals surface area contributed by atoms with E-state index < -0.39 is 30.1 Å². The highest BCUT2D eigenvalue weighted by molar-refractivity contribution is 6.28. The van der Waals surface area contributed by atoms with Crippen LogP contribution in [0.3, 0.4) is 0 Å². The smallest absolute Gasteiger partial charge is 0.461 e. The van der Waals surface area contributed by atoms with Crippen molar-refractivity contribution in [3.8, 4) is 0 Å². The Balaban J connectivity index is 4.17. The standard InChI is InChI=1S/C7H7Cl2F5O2/c8-3-4(9)1-2-16-5(15)6(10,11)7(12,13)14/h4H,1-3H2. The van der Waals surface area contributed by atoms with Gasteiger partial charge in [0.15, 0.2) is 0 Å². The molecule has 16 heavy (non-hydrogen) atoms. The van der Waals surface area contributed by atoms with E-state index in [0.717, 1.165) is 0 Å². The zero-order valence-corrected chi connectivity index (χ0v) is 9.17. The monoisotopic (exact) mass is 288 g/mol. The predicted octanol–water partition coefficient (Wildman–Crippen LogP) is 2.96. The largest absolute Gasteiger partial charge is 0.465 e. The molecule has 1 unspecified atom stereocenters. The van der Waals surface area contributed by atoms with Gasteiger partial charge in [-0.05, 0) is 6.42 Å². The number of alkyl halides is 7. The van der Waals surface area contributed by atoms with E-state index in [1.807, 2.05) is 0 Å². The zero-order chi connectivity index (χ0) is 13.0. The fraction of sp³-hybridized carbons (Fsp3) is 0.857. The molecular weight excluding hydrogens is 282 g/mol. The van der Waals surface area contributed by atoms with Crippen LogP contribution in [0.25, 0.3) is 0 Å². The summed E-state index contributed by atoms with van der Waals surface area (Å²) in [6, 6.07) is 0. The Hall–Kier alpha value is -0.300. The van der Waals surface area contributed by atoms with Gasteiger partial charge in [0.1, 0.15) is 0 Å². The van der Waals surface area contributed by atoms with E-state index in [2.05, 4.69) is 4.74 Å². The minimum Gasteiger partial charge on any atom is -0.461 e. The molecule has 0 aromatic carbocycles. The molecule has 0 saturated heterocycles. The molecule has 0 aliphatic rings. The van der Waals surface area contributed by atoms with Crippen LogP contribution >= 0.6 is 23.2 Å². The van der Waals surface area contributed by atoms with Gasteiger partial charge >= 0.3 is 18.1 Å². The lowest BCUT2D eigenvalue weighted by Gasteiger charge is -2.17. The maximum absolute atomic E-state index is 12.3. The highest BCUT2D eigenvalue weighted by atomic mass is 35.5. The molecule has 0 aromatic heterocycles. The van der Waals surface area contributed by atoms with Gasteiger partial charge < -0.3 is 4.74 Å². The van der Waals surface area contributed by atoms with Crippen LogP contribution in [0.4, 0.5) is 22.0 Å². The Labute approximate surface area is 97.6 Å². The Morgan fingerprint density at radius 2 is 1.75 bits per heavy atom. The van der Waals surface area contributed by atoms with Crippen LogP contribution in [0.5, 0.6) is 0 Å². The van der Waals surface area contributed by atoms with Crippen molar-refractivity contribution in [2.75, 3.05) is 12.5 Å². The SMILES string of the molecule is O=C(OCCC(Cl)CCl)C(F)(F)C(F)(F)F. The first-order valence-electron chi connectivity index (χ1n) is 3.94. The van der Waals surface area contributed by atoms with Crippen LogP contribution in [-0.2, 0) is 9.53 Å². The van der Waals surface area contributed by atoms with Crippen molar-refractivity contribution in [1.29, 1.82) is 0 Å². The lowest BCUT2D eigenvalue weighted by atomic mass is 10.3. The summed E-state index contributed by atoms with van der Waals surface area (Å²) in [7, 11) is 0. The molecule has 0 saturated carbocycles. The van der Waals surface area contributed by atoms with Crippen LogP contribution < -0.4 is 0 Å². The number of carbonyl (C=O) groups is 1. The topological polar surface area (TPSA) is 26.3 Å². The van der Waals surface area contributed by atoms with Gasteiger partial charge in [-0.25, -0.2) is 4.79 Å². The first kappa shape index (κ1) is 15.7. The first-order valence-corrected chi connectivity index (χ1v) is 4.91. The molecule has 0 radical (unpaired) electrons. The number of esters is 1. The summed E-state index contributed by atoms with van der Waals surface area (Å²) < 4.78 is 63.2. The highest BCUT2D eigenvalue weighted by Gasteiger charge is 2.64. The summed E-state index contributed by atoms with van der Waals surface area (Å²) in [6.45, 7) is -0.647. The molecule has 0 spiro atoms. The Morgan fingerprint density at radius 1 is 1.25 bits per heavy atom. The number of rotatable bonds is 5. The normalized spacial score (nSPS) is 14.7. The third-order valence-corrected chi connectivity index (χ3v) is 2.35. The van der Waals surface area contributed by atoms with E-state index >= 15 is 0 Å². The Bertz CT molecular complexity index is 243. The molecule has 0 aliphatic heterocycles. The number of ether oxygens (including phenoxy) is 1. The minimum absolute atomic E-state index is 0.0330. The second kappa shape index (κ2) is 5.86. The predicted molar refractivity (Wildman–Crippen MR) is 46.9 cm³/mol. The maximum atomic E-state index is 12.3. The lowest BCUT2D eigenvalue weighted by Crippen LogP contribution is -2.45. The van der Waals surface area contributed by atoms with Gasteiger partial charge in [-0.3, -0.25) is 0 Å². The summed E-state index contributed by atoms with van der Waals surface area (Å²) in [6.07, 6.45) is -6.07. The van der Waals surface area contributed by atoms with E-state index in [9.17, 15) is 26.7 Å². The van der Waals surface area contributed by atoms with Crippen molar-refractivity contribution in [3.63, 3.8) is 0 Å². The van der Waals surface area contributed by atoms with Gasteiger partial charge in [-0.1, -0.05) is 0 Å². The van der Waals surface area contributed by atoms with Crippen LogP contribution in [0.1, 0.15) is 6.42 Å². The average Bonchev–Trinajstić information content (AvgIpc) is 2.15. The molecule has 0 amide bonds. The van der Waals surface area contributed by atoms with Gasteiger partial charge in [-0.2, -0.15) is 22.0 Å². The molecule has 0 aliphatic carbocycles. The van der Waals surface area contributed by atoms with Crippen molar-refractivity contribution >= 4 is 29.2 Å². The molecule has 0 fully saturated rings. The number of halogens is 7. The van der Waals surface area contributed by atoms with Gasteiger partial charge in [0.2, 0.25) is 0 Å². The van der Waals surface area contributed by atoms with E-state index in [-0.39, 0.29) is 12.3 Å². The third-order valence-electron chi connectivity index (χ3n) is 1.44. The first-order chi connectivity index (χ1) is 7.13. The molecule has 9 heteroatoms. The molecule has 0 N–H and O–H groups in total. The quantitative estimate of drug-likeness (QED) is 0.442. The van der Waals surface area contributed by atoms with Crippen LogP contribution in [-0.4, -0.2) is 35.9 Å². The van der Waals surface area contributed by atoms with E-state index in [1.54, 1.807) is 0 Å². The van der Waals surface area contributed by atoms with Gasteiger partial charge in [0.05, 0.1) is 12.0 Å². The van der Waals surface area contributed by atoms with Gasteiger partial charge in [0, 0.05) is 5.88 Å². The van der Waals surface area contributed by atoms with E-state index in [1.165, 1.54) is 0 Å². The fourth-order valence-electron chi connectivity index (χ4n) is 0.563. The third kappa shape index (κ3) is 4.29. The second-order valence-corrected chi connectivity index (χ2v) is 3.67. The maximum Gasteiger partial charge on any atom is 0.465 e. The molecular formula is C7H7Cl2F5O2. The molecule has 0 heterocycles. The molecule has 2 nitrogen and oxygen atoms in total. The van der Waals surface area contributed by atoms with E-state index in [4.69, 9.17) is 23.2 Å². The summed E-state index contributed by atoms with van der Waals surface area (Å²) in [5, 5.41) is -0.658. The highest BCUT2D eigenvalue weighted by Crippen LogP contribution is 2.36. The van der Waals surface area contributed by atoms with Crippen molar-refractivity contribution in [2.24, 2.45) is 0 Å². The number of hydrogen-bond donors (Lipinski definition) is 0. The second-order valence-electron chi connectivity index (χ2n) is 2.75. The van der Waals surface area contributed by atoms with Crippen molar-refractivity contribution in [1.82, 2.24) is 0 Å². The average molecular weight is 289 g/mol. The lowest BCUT2D eigenvalue weighted by molar-refractivity contribution is -0.280. The van der Waals surface area contributed by atoms with Gasteiger partial charge in [0.25, 0.3) is 0 Å². The molecule has 96 valence electrons. The van der Waals surface area contributed by atoms with Crippen molar-refractivity contribution in [3.05, 3.63) is 0 Å². The zero-order valence-electron chi connectivity index (χ0n) is 7.66. The summed E-state index contributed by atoms with van der Waals surface area (Å²) in [5.74, 6) is -8.18. The fourth-order valence-corrected chi connectivity index (χ4v) is 0.806. The molecule has 0 bridgehead atoms. The number of carbonyl (C=O) groups excluding carboxylic acids is 1. The van der Waals surface area contributed by atoms with Crippen LogP contribution in [0.2, 0.25) is 0 Å². The summed E-state index contributed by atoms with van der Waals surface area (Å²) in [4.78, 5) is 10.4.